The van der Waals surface area contributed by atoms with E-state index in [1.54, 1.807) is 4.90 Å². The van der Waals surface area contributed by atoms with Crippen LogP contribution in [0.25, 0.3) is 0 Å². The molecule has 3 nitrogen and oxygen atoms in total. The first-order chi connectivity index (χ1) is 8.09. The third-order valence-electron chi connectivity index (χ3n) is 3.24. The minimum absolute atomic E-state index is 0.0224. The minimum Gasteiger partial charge on any atom is -0.324 e. The molecule has 2 N–H and O–H groups in total. The van der Waals surface area contributed by atoms with Crippen LogP contribution in [0.5, 0.6) is 0 Å². The van der Waals surface area contributed by atoms with Gasteiger partial charge in [0.25, 0.3) is 0 Å². The number of benzene rings is 1. The van der Waals surface area contributed by atoms with Gasteiger partial charge in [-0.2, -0.15) is 0 Å². The summed E-state index contributed by atoms with van der Waals surface area (Å²) in [5, 5.41) is 0. The first-order valence-electron chi connectivity index (χ1n) is 5.86. The maximum atomic E-state index is 12.3. The van der Waals surface area contributed by atoms with Crippen LogP contribution in [0.2, 0.25) is 0 Å². The largest absolute Gasteiger partial charge is 0.324 e. The number of carbonyl (C=O) groups is 1. The first-order valence-corrected chi connectivity index (χ1v) is 5.86. The van der Waals surface area contributed by atoms with Gasteiger partial charge in [0.2, 0.25) is 5.91 Å². The van der Waals surface area contributed by atoms with Gasteiger partial charge in [-0.05, 0) is 25.0 Å². The quantitative estimate of drug-likeness (QED) is 0.788. The molecule has 2 unspecified atom stereocenters. The van der Waals surface area contributed by atoms with E-state index in [4.69, 9.17) is 5.73 Å². The van der Waals surface area contributed by atoms with Gasteiger partial charge >= 0.3 is 0 Å². The molecule has 17 heavy (non-hydrogen) atoms. The summed E-state index contributed by atoms with van der Waals surface area (Å²) in [6, 6.07) is 7.92. The van der Waals surface area contributed by atoms with E-state index in [2.05, 4.69) is 0 Å². The maximum Gasteiger partial charge on any atom is 0.233 e. The van der Waals surface area contributed by atoms with Crippen molar-refractivity contribution in [2.24, 2.45) is 11.7 Å². The fraction of sp³-hybridized carbons (Fsp3) is 0.357. The highest BCUT2D eigenvalue weighted by Crippen LogP contribution is 2.24. The number of hydrogen-bond donors (Lipinski definition) is 1. The van der Waals surface area contributed by atoms with Crippen molar-refractivity contribution in [2.75, 3.05) is 11.9 Å². The van der Waals surface area contributed by atoms with Gasteiger partial charge in [0.15, 0.2) is 0 Å². The van der Waals surface area contributed by atoms with Gasteiger partial charge in [0.1, 0.15) is 0 Å². The van der Waals surface area contributed by atoms with Crippen LogP contribution in [0.3, 0.4) is 0 Å². The number of carbonyl (C=O) groups excluding carboxylic acids is 1. The zero-order valence-electron chi connectivity index (χ0n) is 10.3. The predicted molar refractivity (Wildman–Crippen MR) is 69.8 cm³/mol. The highest BCUT2D eigenvalue weighted by Gasteiger charge is 2.26. The molecule has 0 fully saturated rings. The Balaban J connectivity index is 2.16. The molecule has 1 aliphatic rings. The van der Waals surface area contributed by atoms with Crippen LogP contribution in [0.15, 0.2) is 36.4 Å². The lowest BCUT2D eigenvalue weighted by molar-refractivity contribution is -0.120. The van der Waals surface area contributed by atoms with Crippen LogP contribution in [0, 0.1) is 12.8 Å². The number of anilines is 1. The summed E-state index contributed by atoms with van der Waals surface area (Å²) in [6.07, 6.45) is 4.55. The smallest absolute Gasteiger partial charge is 0.233 e. The van der Waals surface area contributed by atoms with Crippen molar-refractivity contribution in [1.82, 2.24) is 0 Å². The fourth-order valence-electron chi connectivity index (χ4n) is 2.22. The third kappa shape index (κ3) is 2.39. The van der Waals surface area contributed by atoms with Gasteiger partial charge < -0.3 is 10.6 Å². The lowest BCUT2D eigenvalue weighted by Crippen LogP contribution is -2.33. The first kappa shape index (κ1) is 11.9. The van der Waals surface area contributed by atoms with Crippen LogP contribution in [0.4, 0.5) is 5.69 Å². The van der Waals surface area contributed by atoms with Crippen molar-refractivity contribution < 1.29 is 4.79 Å². The number of nitrogens with zero attached hydrogens (tertiary/aromatic N) is 1. The Morgan fingerprint density at radius 2 is 2.06 bits per heavy atom. The van der Waals surface area contributed by atoms with Gasteiger partial charge in [0.05, 0.1) is 5.92 Å². The van der Waals surface area contributed by atoms with Crippen LogP contribution in [-0.2, 0) is 4.79 Å². The highest BCUT2D eigenvalue weighted by atomic mass is 16.2. The summed E-state index contributed by atoms with van der Waals surface area (Å²) in [4.78, 5) is 14.0. The third-order valence-corrected chi connectivity index (χ3v) is 3.24. The number of nitrogens with two attached hydrogens (primary N) is 1. The Bertz CT molecular complexity index is 453. The molecule has 1 amide bonds. The second-order valence-electron chi connectivity index (χ2n) is 4.57. The van der Waals surface area contributed by atoms with Crippen molar-refractivity contribution in [3.05, 3.63) is 42.0 Å². The molecule has 0 bridgehead atoms. The van der Waals surface area contributed by atoms with E-state index in [0.717, 1.165) is 17.7 Å². The van der Waals surface area contributed by atoms with Crippen LogP contribution in [-0.4, -0.2) is 19.0 Å². The van der Waals surface area contributed by atoms with Crippen molar-refractivity contribution in [3.8, 4) is 0 Å². The van der Waals surface area contributed by atoms with Crippen molar-refractivity contribution in [2.45, 2.75) is 19.4 Å². The summed E-state index contributed by atoms with van der Waals surface area (Å²) in [5.74, 6) is 0.0399. The van der Waals surface area contributed by atoms with E-state index in [9.17, 15) is 4.79 Å². The molecule has 3 heteroatoms. The number of aryl methyl sites for hydroxylation is 1. The Labute approximate surface area is 102 Å². The average Bonchev–Trinajstić information content (AvgIpc) is 2.75. The van der Waals surface area contributed by atoms with E-state index in [1.165, 1.54) is 0 Å². The van der Waals surface area contributed by atoms with Crippen molar-refractivity contribution in [3.63, 3.8) is 0 Å². The molecule has 2 rings (SSSR count). The molecule has 0 saturated carbocycles. The van der Waals surface area contributed by atoms with E-state index < -0.39 is 0 Å². The second kappa shape index (κ2) is 4.72. The summed E-state index contributed by atoms with van der Waals surface area (Å²) < 4.78 is 0. The SMILES string of the molecule is Cc1ccccc1N(C)C(=O)C1C=CC(N)C1. The molecule has 0 saturated heterocycles. The van der Waals surface area contributed by atoms with Crippen molar-refractivity contribution in [1.29, 1.82) is 0 Å². The van der Waals surface area contributed by atoms with Crippen molar-refractivity contribution >= 4 is 11.6 Å². The zero-order valence-corrected chi connectivity index (χ0v) is 10.3. The van der Waals surface area contributed by atoms with E-state index in [1.807, 2.05) is 50.4 Å². The van der Waals surface area contributed by atoms with Crippen LogP contribution in [0.1, 0.15) is 12.0 Å². The van der Waals surface area contributed by atoms with Crippen LogP contribution >= 0.6 is 0 Å². The molecule has 1 aromatic rings. The van der Waals surface area contributed by atoms with Crippen LogP contribution < -0.4 is 10.6 Å². The second-order valence-corrected chi connectivity index (χ2v) is 4.57. The van der Waals surface area contributed by atoms with Gasteiger partial charge in [-0.15, -0.1) is 0 Å². The van der Waals surface area contributed by atoms with Gasteiger partial charge in [-0.25, -0.2) is 0 Å². The van der Waals surface area contributed by atoms with E-state index in [-0.39, 0.29) is 17.9 Å². The lowest BCUT2D eigenvalue weighted by atomic mass is 10.1. The number of para-hydroxylation sites is 1. The minimum atomic E-state index is -0.0744. The Kier molecular flexibility index (Phi) is 3.29. The lowest BCUT2D eigenvalue weighted by Gasteiger charge is -2.22. The number of hydrogen-bond acceptors (Lipinski definition) is 2. The molecule has 90 valence electrons. The Hall–Kier alpha value is -1.61. The molecular weight excluding hydrogens is 212 g/mol. The molecule has 1 aliphatic carbocycles. The Morgan fingerprint density at radius 3 is 2.65 bits per heavy atom. The molecule has 0 spiro atoms. The molecular formula is C14H18N2O. The predicted octanol–water partition coefficient (Wildman–Crippen LogP) is 1.86. The number of rotatable bonds is 2. The molecule has 0 aromatic heterocycles. The standard InChI is InChI=1S/C14H18N2O/c1-10-5-3-4-6-13(10)16(2)14(17)11-7-8-12(15)9-11/h3-8,11-12H,9,15H2,1-2H3. The van der Waals surface area contributed by atoms with Gasteiger partial charge in [0, 0.05) is 18.8 Å². The maximum absolute atomic E-state index is 12.3. The van der Waals surface area contributed by atoms with E-state index >= 15 is 0 Å². The molecule has 1 aromatic carbocycles. The molecule has 2 atom stereocenters. The molecule has 0 radical (unpaired) electrons. The fourth-order valence-corrected chi connectivity index (χ4v) is 2.22. The Morgan fingerprint density at radius 1 is 1.35 bits per heavy atom. The molecule has 0 heterocycles. The number of amides is 1. The topological polar surface area (TPSA) is 46.3 Å². The van der Waals surface area contributed by atoms with Gasteiger partial charge in [-0.3, -0.25) is 4.79 Å². The average molecular weight is 230 g/mol. The summed E-state index contributed by atoms with van der Waals surface area (Å²) >= 11 is 0. The summed E-state index contributed by atoms with van der Waals surface area (Å²) in [5.41, 5.74) is 7.84. The van der Waals surface area contributed by atoms with Gasteiger partial charge in [-0.1, -0.05) is 30.4 Å². The van der Waals surface area contributed by atoms with E-state index in [0.29, 0.717) is 0 Å². The summed E-state index contributed by atoms with van der Waals surface area (Å²) in [7, 11) is 1.82. The highest BCUT2D eigenvalue weighted by molar-refractivity contribution is 5.96. The summed E-state index contributed by atoms with van der Waals surface area (Å²) in [6.45, 7) is 2.01. The monoisotopic (exact) mass is 230 g/mol. The molecule has 0 aliphatic heterocycles. The normalized spacial score (nSPS) is 22.8. The zero-order chi connectivity index (χ0) is 12.4.